The minimum Gasteiger partial charge on any atom is -0.504 e. The zero-order valence-electron chi connectivity index (χ0n) is 19.9. The number of fused-ring (bicyclic) bond motifs is 1. The molecule has 1 unspecified atom stereocenters. The maximum Gasteiger partial charge on any atom is 0.235 e. The topological polar surface area (TPSA) is 92.4 Å². The number of unbranched alkanes of at least 4 members (excludes halogenated alkanes) is 9. The first-order chi connectivity index (χ1) is 15.4. The van der Waals surface area contributed by atoms with Crippen LogP contribution < -0.4 is 10.5 Å². The summed E-state index contributed by atoms with van der Waals surface area (Å²) in [6.07, 6.45) is 13.6. The van der Waals surface area contributed by atoms with Crippen molar-refractivity contribution in [3.05, 3.63) is 30.3 Å². The number of phenolic OH excluding ortho intramolecular Hbond substituents is 1. The molecule has 0 saturated heterocycles. The fourth-order valence-electron chi connectivity index (χ4n) is 4.26. The summed E-state index contributed by atoms with van der Waals surface area (Å²) in [5.74, 6) is -0.200. The number of nitrogen functional groups attached to an aromatic ring is 1. The Morgan fingerprint density at radius 1 is 0.875 bits per heavy atom. The van der Waals surface area contributed by atoms with Crippen LogP contribution in [0, 0.1) is 0 Å². The molecule has 0 aliphatic rings. The monoisotopic (exact) mass is 462 g/mol. The van der Waals surface area contributed by atoms with E-state index in [9.17, 15) is 13.5 Å². The van der Waals surface area contributed by atoms with E-state index in [0.29, 0.717) is 18.2 Å². The summed E-state index contributed by atoms with van der Waals surface area (Å²) in [7, 11) is -3.64. The average Bonchev–Trinajstić information content (AvgIpc) is 2.77. The molecule has 0 fully saturated rings. The van der Waals surface area contributed by atoms with E-state index in [1.54, 1.807) is 6.07 Å². The van der Waals surface area contributed by atoms with E-state index in [1.165, 1.54) is 32.1 Å². The molecule has 2 rings (SSSR count). The molecule has 0 aliphatic carbocycles. The van der Waals surface area contributed by atoms with Gasteiger partial charge in [0.05, 0.1) is 16.6 Å². The first-order valence-corrected chi connectivity index (χ1v) is 14.0. The van der Waals surface area contributed by atoms with Gasteiger partial charge in [-0.1, -0.05) is 109 Å². The molecule has 6 heteroatoms. The molecule has 0 saturated carbocycles. The van der Waals surface area contributed by atoms with Gasteiger partial charge in [-0.05, 0) is 24.3 Å². The molecule has 0 amide bonds. The lowest BCUT2D eigenvalue weighted by Crippen LogP contribution is -2.28. The van der Waals surface area contributed by atoms with Crippen molar-refractivity contribution >= 4 is 32.2 Å². The number of benzene rings is 2. The number of nitrogens with two attached hydrogens (primary N) is 1. The summed E-state index contributed by atoms with van der Waals surface area (Å²) >= 11 is 0. The third-order valence-electron chi connectivity index (χ3n) is 6.26. The minimum atomic E-state index is -3.64. The van der Waals surface area contributed by atoms with Gasteiger partial charge in [-0.15, -0.1) is 0 Å². The summed E-state index contributed by atoms with van der Waals surface area (Å²) < 4.78 is 29.3. The Morgan fingerprint density at radius 2 is 1.41 bits per heavy atom. The minimum absolute atomic E-state index is 0.167. The zero-order chi connectivity index (χ0) is 23.4. The van der Waals surface area contributed by atoms with Gasteiger partial charge in [-0.3, -0.25) is 4.72 Å². The van der Waals surface area contributed by atoms with Crippen LogP contribution in [-0.2, 0) is 10.0 Å². The van der Waals surface area contributed by atoms with Gasteiger partial charge in [0.1, 0.15) is 0 Å². The Hall–Kier alpha value is -1.95. The number of aromatic hydroxyl groups is 1. The van der Waals surface area contributed by atoms with Gasteiger partial charge in [0.25, 0.3) is 0 Å². The molecular weight excluding hydrogens is 420 g/mol. The van der Waals surface area contributed by atoms with Crippen molar-refractivity contribution in [1.29, 1.82) is 0 Å². The maximum atomic E-state index is 13.3. The first-order valence-electron chi connectivity index (χ1n) is 12.4. The molecule has 0 aliphatic heterocycles. The van der Waals surface area contributed by atoms with Gasteiger partial charge < -0.3 is 10.8 Å². The van der Waals surface area contributed by atoms with Crippen molar-refractivity contribution in [2.45, 2.75) is 103 Å². The van der Waals surface area contributed by atoms with Crippen LogP contribution in [0.25, 0.3) is 10.8 Å². The number of phenols is 1. The largest absolute Gasteiger partial charge is 0.504 e. The Labute approximate surface area is 194 Å². The second-order valence-corrected chi connectivity index (χ2v) is 10.9. The Bertz CT molecular complexity index is 928. The summed E-state index contributed by atoms with van der Waals surface area (Å²) in [5, 5.41) is 11.6. The Morgan fingerprint density at radius 3 is 2.00 bits per heavy atom. The predicted molar refractivity (Wildman–Crippen MR) is 138 cm³/mol. The van der Waals surface area contributed by atoms with Gasteiger partial charge in [0, 0.05) is 5.39 Å². The summed E-state index contributed by atoms with van der Waals surface area (Å²) in [6.45, 7) is 4.37. The highest BCUT2D eigenvalue weighted by molar-refractivity contribution is 7.93. The van der Waals surface area contributed by atoms with Crippen LogP contribution in [0.3, 0.4) is 0 Å². The van der Waals surface area contributed by atoms with Crippen LogP contribution >= 0.6 is 0 Å². The van der Waals surface area contributed by atoms with Crippen molar-refractivity contribution in [3.63, 3.8) is 0 Å². The highest BCUT2D eigenvalue weighted by atomic mass is 32.2. The average molecular weight is 463 g/mol. The molecule has 4 N–H and O–H groups in total. The first kappa shape index (κ1) is 26.3. The second-order valence-electron chi connectivity index (χ2n) is 8.94. The van der Waals surface area contributed by atoms with E-state index in [2.05, 4.69) is 18.6 Å². The predicted octanol–water partition coefficient (Wildman–Crippen LogP) is 7.35. The molecule has 32 heavy (non-hydrogen) atoms. The standard InChI is InChI=1S/C26H42N2O3S/c1-3-5-7-9-11-13-18-22(17-12-10-8-6-4-2)32(30,31)28-24-20-21-16-14-15-19-23(21)25(27)26(24)29/h14-16,19-20,22,28-29H,3-13,17-18,27H2,1-2H3. The van der Waals surface area contributed by atoms with Crippen molar-refractivity contribution in [2.24, 2.45) is 0 Å². The van der Waals surface area contributed by atoms with Crippen LogP contribution in [0.15, 0.2) is 30.3 Å². The summed E-state index contributed by atoms with van der Waals surface area (Å²) in [4.78, 5) is 0. The lowest BCUT2D eigenvalue weighted by atomic mass is 10.0. The molecule has 1 atom stereocenters. The normalized spacial score (nSPS) is 12.8. The van der Waals surface area contributed by atoms with E-state index >= 15 is 0 Å². The molecule has 2 aromatic rings. The molecule has 0 aromatic heterocycles. The fourth-order valence-corrected chi connectivity index (χ4v) is 5.84. The van der Waals surface area contributed by atoms with Crippen molar-refractivity contribution in [2.75, 3.05) is 10.5 Å². The molecular formula is C26H42N2O3S. The molecule has 180 valence electrons. The zero-order valence-corrected chi connectivity index (χ0v) is 20.7. The van der Waals surface area contributed by atoms with Crippen LogP contribution in [0.5, 0.6) is 5.75 Å². The maximum absolute atomic E-state index is 13.3. The number of hydrogen-bond acceptors (Lipinski definition) is 4. The number of anilines is 2. The van der Waals surface area contributed by atoms with Crippen molar-refractivity contribution in [3.8, 4) is 5.75 Å². The van der Waals surface area contributed by atoms with Crippen molar-refractivity contribution in [1.82, 2.24) is 0 Å². The second kappa shape index (κ2) is 13.6. The summed E-state index contributed by atoms with van der Waals surface area (Å²) in [6, 6.07) is 9.07. The third-order valence-corrected chi connectivity index (χ3v) is 8.11. The number of sulfonamides is 1. The Kier molecular flexibility index (Phi) is 11.1. The molecule has 5 nitrogen and oxygen atoms in total. The molecule has 0 radical (unpaired) electrons. The van der Waals surface area contributed by atoms with Gasteiger partial charge in [-0.25, -0.2) is 8.42 Å². The molecule has 0 heterocycles. The third kappa shape index (κ3) is 7.88. The van der Waals surface area contributed by atoms with Gasteiger partial charge in [-0.2, -0.15) is 0 Å². The van der Waals surface area contributed by atoms with E-state index < -0.39 is 15.3 Å². The van der Waals surface area contributed by atoms with Crippen LogP contribution in [0.4, 0.5) is 11.4 Å². The number of hydrogen-bond donors (Lipinski definition) is 3. The van der Waals surface area contributed by atoms with E-state index in [4.69, 9.17) is 5.73 Å². The quantitative estimate of drug-likeness (QED) is 0.138. The van der Waals surface area contributed by atoms with Crippen molar-refractivity contribution < 1.29 is 13.5 Å². The van der Waals surface area contributed by atoms with E-state index in [-0.39, 0.29) is 17.1 Å². The highest BCUT2D eigenvalue weighted by Crippen LogP contribution is 2.38. The summed E-state index contributed by atoms with van der Waals surface area (Å²) in [5.41, 5.74) is 6.46. The van der Waals surface area contributed by atoms with Crippen LogP contribution in [0.2, 0.25) is 0 Å². The molecule has 0 bridgehead atoms. The highest BCUT2D eigenvalue weighted by Gasteiger charge is 2.26. The SMILES string of the molecule is CCCCCCCCC(CCCCCCC)S(=O)(=O)Nc1cc2ccccc2c(N)c1O. The van der Waals surface area contributed by atoms with Crippen LogP contribution in [-0.4, -0.2) is 18.8 Å². The lowest BCUT2D eigenvalue weighted by Gasteiger charge is -2.20. The van der Waals surface area contributed by atoms with E-state index in [0.717, 1.165) is 43.9 Å². The van der Waals surface area contributed by atoms with Gasteiger partial charge in [0.15, 0.2) is 5.75 Å². The van der Waals surface area contributed by atoms with Gasteiger partial charge >= 0.3 is 0 Å². The molecule has 2 aromatic carbocycles. The van der Waals surface area contributed by atoms with Crippen LogP contribution in [0.1, 0.15) is 97.3 Å². The van der Waals surface area contributed by atoms with Gasteiger partial charge in [0.2, 0.25) is 10.0 Å². The lowest BCUT2D eigenvalue weighted by molar-refractivity contribution is 0.480. The smallest absolute Gasteiger partial charge is 0.235 e. The number of nitrogens with one attached hydrogen (secondary N) is 1. The Balaban J connectivity index is 2.11. The van der Waals surface area contributed by atoms with E-state index in [1.807, 2.05) is 24.3 Å². The number of rotatable bonds is 16. The fraction of sp³-hybridized carbons (Fsp3) is 0.615. The molecule has 0 spiro atoms.